The van der Waals surface area contributed by atoms with Gasteiger partial charge in [0.15, 0.2) is 0 Å². The van der Waals surface area contributed by atoms with Crippen LogP contribution in [0.15, 0.2) is 30.4 Å². The van der Waals surface area contributed by atoms with E-state index < -0.39 is 0 Å². The fourth-order valence-corrected chi connectivity index (χ4v) is 2.50. The number of hydrogen-bond acceptors (Lipinski definition) is 1. The monoisotopic (exact) mass is 228 g/mol. The normalized spacial score (nSPS) is 18.2. The van der Waals surface area contributed by atoms with E-state index in [0.717, 1.165) is 5.56 Å². The Morgan fingerprint density at radius 3 is 2.35 bits per heavy atom. The van der Waals surface area contributed by atoms with Gasteiger partial charge in [0.2, 0.25) is 0 Å². The number of fused-ring (bicyclic) bond motifs is 1. The summed E-state index contributed by atoms with van der Waals surface area (Å²) < 4.78 is 0. The molecule has 0 heterocycles. The lowest BCUT2D eigenvalue weighted by Crippen LogP contribution is -2.07. The van der Waals surface area contributed by atoms with Crippen LogP contribution in [-0.2, 0) is 0 Å². The molecule has 1 aromatic rings. The third-order valence-electron chi connectivity index (χ3n) is 3.66. The molecule has 17 heavy (non-hydrogen) atoms. The summed E-state index contributed by atoms with van der Waals surface area (Å²) in [5, 5.41) is 9.49. The fraction of sp³-hybridized carbons (Fsp3) is 0.375. The second kappa shape index (κ2) is 5.22. The predicted octanol–water partition coefficient (Wildman–Crippen LogP) is 4.48. The molecule has 1 heteroatoms. The average molecular weight is 228 g/mol. The second-order valence-corrected chi connectivity index (χ2v) is 4.69. The Hall–Kier alpha value is -1.50. The van der Waals surface area contributed by atoms with E-state index in [9.17, 15) is 5.11 Å². The van der Waals surface area contributed by atoms with Crippen LogP contribution < -0.4 is 0 Å². The Labute approximate surface area is 103 Å². The Balaban J connectivity index is 2.30. The molecule has 0 saturated heterocycles. The van der Waals surface area contributed by atoms with Gasteiger partial charge in [0.1, 0.15) is 5.75 Å². The van der Waals surface area contributed by atoms with Gasteiger partial charge in [0.05, 0.1) is 0 Å². The zero-order valence-electron chi connectivity index (χ0n) is 10.6. The van der Waals surface area contributed by atoms with Crippen LogP contribution >= 0.6 is 0 Å². The van der Waals surface area contributed by atoms with Gasteiger partial charge >= 0.3 is 0 Å². The summed E-state index contributed by atoms with van der Waals surface area (Å²) >= 11 is 0. The summed E-state index contributed by atoms with van der Waals surface area (Å²) in [6.45, 7) is 4.50. The standard InChI is InChI=1S/C16H20O/c1-3-12(4-2)13-5-6-14-9-10-16(17)11-15(14)8-7-13/h5-13,17H,3-4H2,1-2H3. The summed E-state index contributed by atoms with van der Waals surface area (Å²) in [6, 6.07) is 5.54. The molecule has 0 radical (unpaired) electrons. The molecule has 1 N–H and O–H groups in total. The first-order valence-electron chi connectivity index (χ1n) is 6.44. The number of phenolic OH excluding ortho intramolecular Hbond substituents is 1. The minimum absolute atomic E-state index is 0.336. The highest BCUT2D eigenvalue weighted by molar-refractivity contribution is 5.69. The van der Waals surface area contributed by atoms with Gasteiger partial charge in [0.25, 0.3) is 0 Å². The lowest BCUT2D eigenvalue weighted by Gasteiger charge is -2.18. The first-order valence-corrected chi connectivity index (χ1v) is 6.44. The summed E-state index contributed by atoms with van der Waals surface area (Å²) in [4.78, 5) is 0. The maximum atomic E-state index is 9.49. The molecule has 1 aromatic carbocycles. The largest absolute Gasteiger partial charge is 0.508 e. The average Bonchev–Trinajstić information content (AvgIpc) is 2.54. The molecule has 0 saturated carbocycles. The van der Waals surface area contributed by atoms with E-state index in [-0.39, 0.29) is 0 Å². The van der Waals surface area contributed by atoms with Crippen molar-refractivity contribution in [2.75, 3.05) is 0 Å². The van der Waals surface area contributed by atoms with Crippen LogP contribution in [-0.4, -0.2) is 5.11 Å². The third kappa shape index (κ3) is 2.60. The molecule has 1 unspecified atom stereocenters. The van der Waals surface area contributed by atoms with Crippen LogP contribution in [0.4, 0.5) is 0 Å². The van der Waals surface area contributed by atoms with Crippen molar-refractivity contribution in [3.8, 4) is 5.75 Å². The maximum absolute atomic E-state index is 9.49. The van der Waals surface area contributed by atoms with Gasteiger partial charge in [0, 0.05) is 0 Å². The van der Waals surface area contributed by atoms with Gasteiger partial charge in [-0.3, -0.25) is 0 Å². The van der Waals surface area contributed by atoms with Crippen molar-refractivity contribution in [1.82, 2.24) is 0 Å². The third-order valence-corrected chi connectivity index (χ3v) is 3.66. The van der Waals surface area contributed by atoms with Crippen LogP contribution in [0.3, 0.4) is 0 Å². The van der Waals surface area contributed by atoms with Gasteiger partial charge in [-0.2, -0.15) is 0 Å². The minimum atomic E-state index is 0.336. The molecular weight excluding hydrogens is 208 g/mol. The highest BCUT2D eigenvalue weighted by Gasteiger charge is 2.14. The Morgan fingerprint density at radius 2 is 1.71 bits per heavy atom. The molecule has 1 atom stereocenters. The van der Waals surface area contributed by atoms with E-state index in [1.807, 2.05) is 12.1 Å². The second-order valence-electron chi connectivity index (χ2n) is 4.69. The van der Waals surface area contributed by atoms with Crippen LogP contribution in [0.1, 0.15) is 37.8 Å². The van der Waals surface area contributed by atoms with Crippen molar-refractivity contribution in [3.63, 3.8) is 0 Å². The summed E-state index contributed by atoms with van der Waals surface area (Å²) in [6.07, 6.45) is 11.3. The number of benzene rings is 1. The molecular formula is C16H20O. The SMILES string of the molecule is CCC(CC)C1C=Cc2ccc(O)cc2C=C1. The summed E-state index contributed by atoms with van der Waals surface area (Å²) in [7, 11) is 0. The fourth-order valence-electron chi connectivity index (χ4n) is 2.50. The molecule has 0 bridgehead atoms. The number of aromatic hydroxyl groups is 1. The van der Waals surface area contributed by atoms with Crippen molar-refractivity contribution >= 4 is 12.2 Å². The van der Waals surface area contributed by atoms with Crippen molar-refractivity contribution in [2.45, 2.75) is 26.7 Å². The molecule has 2 rings (SSSR count). The molecule has 1 nitrogen and oxygen atoms in total. The van der Waals surface area contributed by atoms with Crippen molar-refractivity contribution in [3.05, 3.63) is 41.5 Å². The van der Waals surface area contributed by atoms with E-state index in [0.29, 0.717) is 17.6 Å². The Kier molecular flexibility index (Phi) is 3.68. The predicted molar refractivity (Wildman–Crippen MR) is 73.7 cm³/mol. The summed E-state index contributed by atoms with van der Waals surface area (Å²) in [5.74, 6) is 1.56. The van der Waals surface area contributed by atoms with E-state index in [2.05, 4.69) is 38.2 Å². The van der Waals surface area contributed by atoms with E-state index in [1.165, 1.54) is 18.4 Å². The van der Waals surface area contributed by atoms with Gasteiger partial charge in [-0.25, -0.2) is 0 Å². The molecule has 0 spiro atoms. The number of hydrogen-bond donors (Lipinski definition) is 1. The lowest BCUT2D eigenvalue weighted by atomic mass is 9.87. The quantitative estimate of drug-likeness (QED) is 0.808. The smallest absolute Gasteiger partial charge is 0.116 e. The zero-order chi connectivity index (χ0) is 12.3. The van der Waals surface area contributed by atoms with Gasteiger partial charge < -0.3 is 5.11 Å². The van der Waals surface area contributed by atoms with Crippen molar-refractivity contribution < 1.29 is 5.11 Å². The maximum Gasteiger partial charge on any atom is 0.116 e. The molecule has 90 valence electrons. The van der Waals surface area contributed by atoms with Crippen molar-refractivity contribution in [2.24, 2.45) is 11.8 Å². The first kappa shape index (κ1) is 12.0. The Bertz CT molecular complexity index is 439. The number of allylic oxidation sites excluding steroid dienone is 2. The topological polar surface area (TPSA) is 20.2 Å². The van der Waals surface area contributed by atoms with E-state index in [1.54, 1.807) is 6.07 Å². The number of rotatable bonds is 3. The van der Waals surface area contributed by atoms with Crippen LogP contribution in [0.25, 0.3) is 12.2 Å². The molecule has 0 fully saturated rings. The van der Waals surface area contributed by atoms with Crippen LogP contribution in [0.2, 0.25) is 0 Å². The molecule has 1 aliphatic carbocycles. The zero-order valence-corrected chi connectivity index (χ0v) is 10.6. The van der Waals surface area contributed by atoms with E-state index >= 15 is 0 Å². The molecule has 1 aliphatic rings. The lowest BCUT2D eigenvalue weighted by molar-refractivity contribution is 0.427. The minimum Gasteiger partial charge on any atom is -0.508 e. The highest BCUT2D eigenvalue weighted by Crippen LogP contribution is 2.29. The van der Waals surface area contributed by atoms with Crippen molar-refractivity contribution in [1.29, 1.82) is 0 Å². The molecule has 0 amide bonds. The van der Waals surface area contributed by atoms with Gasteiger partial charge in [-0.1, -0.05) is 57.1 Å². The molecule has 0 aromatic heterocycles. The highest BCUT2D eigenvalue weighted by atomic mass is 16.3. The van der Waals surface area contributed by atoms with Gasteiger partial charge in [-0.05, 0) is 35.1 Å². The first-order chi connectivity index (χ1) is 8.24. The van der Waals surface area contributed by atoms with Crippen LogP contribution in [0, 0.1) is 11.8 Å². The van der Waals surface area contributed by atoms with Gasteiger partial charge in [-0.15, -0.1) is 0 Å². The molecule has 0 aliphatic heterocycles. The summed E-state index contributed by atoms with van der Waals surface area (Å²) in [5.41, 5.74) is 2.29. The number of phenols is 1. The van der Waals surface area contributed by atoms with Crippen LogP contribution in [0.5, 0.6) is 5.75 Å². The van der Waals surface area contributed by atoms with E-state index in [4.69, 9.17) is 0 Å². The Morgan fingerprint density at radius 1 is 1.06 bits per heavy atom.